The zero-order chi connectivity index (χ0) is 18.2. The summed E-state index contributed by atoms with van der Waals surface area (Å²) in [5.41, 5.74) is 0.0875. The maximum Gasteiger partial charge on any atom is 0.453 e. The molecule has 3 rings (SSSR count). The average Bonchev–Trinajstić information content (AvgIpc) is 2.96. The van der Waals surface area contributed by atoms with Crippen LogP contribution in [0.2, 0.25) is 0 Å². The maximum absolute atomic E-state index is 12.8. The predicted octanol–water partition coefficient (Wildman–Crippen LogP) is 3.15. The zero-order valence-corrected chi connectivity index (χ0v) is 12.0. The first kappa shape index (κ1) is 16.9. The fourth-order valence-corrected chi connectivity index (χ4v) is 1.88. The van der Waals surface area contributed by atoms with Crippen LogP contribution in [0.5, 0.6) is 5.75 Å². The molecule has 0 aliphatic rings. The van der Waals surface area contributed by atoms with Gasteiger partial charge in [0.15, 0.2) is 12.3 Å². The lowest BCUT2D eigenvalue weighted by atomic mass is 10.2. The summed E-state index contributed by atoms with van der Waals surface area (Å²) in [6, 6.07) is 5.11. The van der Waals surface area contributed by atoms with E-state index in [4.69, 9.17) is 0 Å². The van der Waals surface area contributed by atoms with Gasteiger partial charge in [-0.1, -0.05) is 0 Å². The van der Waals surface area contributed by atoms with E-state index in [0.29, 0.717) is 4.52 Å². The summed E-state index contributed by atoms with van der Waals surface area (Å²) in [5, 5.41) is 10.2. The third-order valence-corrected chi connectivity index (χ3v) is 2.92. The Bertz CT molecular complexity index is 887. The van der Waals surface area contributed by atoms with Gasteiger partial charge < -0.3 is 4.74 Å². The second-order valence-corrected chi connectivity index (χ2v) is 4.79. The van der Waals surface area contributed by atoms with Crippen LogP contribution in [0, 0.1) is 0 Å². The van der Waals surface area contributed by atoms with E-state index in [0.717, 1.165) is 6.20 Å². The molecule has 0 bridgehead atoms. The standard InChI is InChI=1S/C13H7F6N5O/c14-12(15,16)6-25-7-1-2-8(20-5-7)9-3-4-10-21-22-11(13(17,18)19)24(10)23-9/h1-5H,6H2. The van der Waals surface area contributed by atoms with Crippen LogP contribution in [0.3, 0.4) is 0 Å². The van der Waals surface area contributed by atoms with Crippen LogP contribution < -0.4 is 4.74 Å². The molecule has 0 spiro atoms. The number of alkyl halides is 6. The molecular formula is C13H7F6N5O. The Labute approximate surface area is 135 Å². The highest BCUT2D eigenvalue weighted by molar-refractivity contribution is 5.56. The van der Waals surface area contributed by atoms with Gasteiger partial charge in [0.1, 0.15) is 11.4 Å². The summed E-state index contributed by atoms with van der Waals surface area (Å²) in [4.78, 5) is 3.84. The van der Waals surface area contributed by atoms with Crippen molar-refractivity contribution < 1.29 is 31.1 Å². The molecule has 0 saturated heterocycles. The summed E-state index contributed by atoms with van der Waals surface area (Å²) < 4.78 is 79.7. The molecule has 3 heterocycles. The lowest BCUT2D eigenvalue weighted by Gasteiger charge is -2.09. The van der Waals surface area contributed by atoms with Crippen molar-refractivity contribution in [2.75, 3.05) is 6.61 Å². The lowest BCUT2D eigenvalue weighted by Crippen LogP contribution is -2.19. The van der Waals surface area contributed by atoms with Crippen LogP contribution in [0.1, 0.15) is 5.82 Å². The van der Waals surface area contributed by atoms with Crippen LogP contribution in [-0.2, 0) is 6.18 Å². The summed E-state index contributed by atoms with van der Waals surface area (Å²) in [7, 11) is 0. The normalized spacial score (nSPS) is 12.6. The van der Waals surface area contributed by atoms with Crippen molar-refractivity contribution in [1.29, 1.82) is 0 Å². The monoisotopic (exact) mass is 363 g/mol. The van der Waals surface area contributed by atoms with Crippen LogP contribution in [0.25, 0.3) is 17.0 Å². The van der Waals surface area contributed by atoms with Crippen LogP contribution in [-0.4, -0.2) is 37.6 Å². The van der Waals surface area contributed by atoms with E-state index in [1.807, 2.05) is 0 Å². The Morgan fingerprint density at radius 1 is 0.920 bits per heavy atom. The summed E-state index contributed by atoms with van der Waals surface area (Å²) in [6.07, 6.45) is -8.22. The highest BCUT2D eigenvalue weighted by Gasteiger charge is 2.37. The molecule has 0 saturated carbocycles. The van der Waals surface area contributed by atoms with E-state index in [9.17, 15) is 26.3 Å². The molecule has 12 heteroatoms. The molecular weight excluding hydrogens is 356 g/mol. The second-order valence-electron chi connectivity index (χ2n) is 4.79. The number of rotatable bonds is 3. The Balaban J connectivity index is 1.89. The smallest absolute Gasteiger partial charge is 0.453 e. The molecule has 0 amide bonds. The quantitative estimate of drug-likeness (QED) is 0.669. The minimum atomic E-state index is -4.74. The van der Waals surface area contributed by atoms with Crippen LogP contribution >= 0.6 is 0 Å². The third-order valence-electron chi connectivity index (χ3n) is 2.92. The molecule has 25 heavy (non-hydrogen) atoms. The first-order chi connectivity index (χ1) is 11.6. The first-order valence-corrected chi connectivity index (χ1v) is 6.59. The Kier molecular flexibility index (Phi) is 3.97. The maximum atomic E-state index is 12.8. The predicted molar refractivity (Wildman–Crippen MR) is 70.6 cm³/mol. The van der Waals surface area contributed by atoms with Gasteiger partial charge in [-0.25, -0.2) is 0 Å². The molecule has 3 aromatic rings. The molecule has 0 aliphatic heterocycles. The highest BCUT2D eigenvalue weighted by Crippen LogP contribution is 2.28. The van der Waals surface area contributed by atoms with Gasteiger partial charge in [-0.2, -0.15) is 36.0 Å². The number of fused-ring (bicyclic) bond motifs is 1. The molecule has 132 valence electrons. The second kappa shape index (κ2) is 5.86. The van der Waals surface area contributed by atoms with Crippen molar-refractivity contribution in [3.05, 3.63) is 36.3 Å². The Morgan fingerprint density at radius 2 is 1.64 bits per heavy atom. The molecule has 0 aliphatic carbocycles. The van der Waals surface area contributed by atoms with Gasteiger partial charge >= 0.3 is 12.4 Å². The number of hydrogen-bond acceptors (Lipinski definition) is 5. The van der Waals surface area contributed by atoms with E-state index in [1.54, 1.807) is 0 Å². The Hall–Kier alpha value is -2.92. The van der Waals surface area contributed by atoms with Gasteiger partial charge in [0.05, 0.1) is 11.9 Å². The Morgan fingerprint density at radius 3 is 2.24 bits per heavy atom. The van der Waals surface area contributed by atoms with E-state index in [2.05, 4.69) is 25.0 Å². The van der Waals surface area contributed by atoms with Gasteiger partial charge in [0.25, 0.3) is 5.82 Å². The number of ether oxygens (including phenoxy) is 1. The fraction of sp³-hybridized carbons (Fsp3) is 0.231. The van der Waals surface area contributed by atoms with Crippen molar-refractivity contribution in [3.8, 4) is 17.1 Å². The zero-order valence-electron chi connectivity index (χ0n) is 12.0. The van der Waals surface area contributed by atoms with Crippen molar-refractivity contribution in [1.82, 2.24) is 24.8 Å². The third kappa shape index (κ3) is 3.78. The van der Waals surface area contributed by atoms with Crippen molar-refractivity contribution in [3.63, 3.8) is 0 Å². The number of aromatic nitrogens is 5. The van der Waals surface area contributed by atoms with Gasteiger partial charge in [-0.3, -0.25) is 4.98 Å². The number of nitrogens with zero attached hydrogens (tertiary/aromatic N) is 5. The number of hydrogen-bond donors (Lipinski definition) is 0. The van der Waals surface area contributed by atoms with Crippen LogP contribution in [0.15, 0.2) is 30.5 Å². The first-order valence-electron chi connectivity index (χ1n) is 6.59. The van der Waals surface area contributed by atoms with Crippen molar-refractivity contribution in [2.24, 2.45) is 0 Å². The largest absolute Gasteiger partial charge is 0.483 e. The topological polar surface area (TPSA) is 65.2 Å². The van der Waals surface area contributed by atoms with E-state index < -0.39 is 24.8 Å². The minimum absolute atomic E-state index is 0.0557. The van der Waals surface area contributed by atoms with Crippen molar-refractivity contribution in [2.45, 2.75) is 12.4 Å². The SMILES string of the molecule is FC(F)(F)COc1ccc(-c2ccc3nnc(C(F)(F)F)n3n2)nc1. The lowest BCUT2D eigenvalue weighted by molar-refractivity contribution is -0.153. The van der Waals surface area contributed by atoms with E-state index in [-0.39, 0.29) is 22.8 Å². The molecule has 0 aromatic carbocycles. The van der Waals surface area contributed by atoms with Crippen LogP contribution in [0.4, 0.5) is 26.3 Å². The average molecular weight is 363 g/mol. The molecule has 3 aromatic heterocycles. The highest BCUT2D eigenvalue weighted by atomic mass is 19.4. The molecule has 0 unspecified atom stereocenters. The van der Waals surface area contributed by atoms with E-state index >= 15 is 0 Å². The number of pyridine rings is 1. The summed E-state index contributed by atoms with van der Waals surface area (Å²) in [6.45, 7) is -1.48. The molecule has 0 radical (unpaired) electrons. The molecule has 6 nitrogen and oxygen atoms in total. The fourth-order valence-electron chi connectivity index (χ4n) is 1.88. The minimum Gasteiger partial charge on any atom is -0.483 e. The van der Waals surface area contributed by atoms with Gasteiger partial charge in [-0.15, -0.1) is 10.2 Å². The molecule has 0 atom stereocenters. The molecule has 0 N–H and O–H groups in total. The van der Waals surface area contributed by atoms with Gasteiger partial charge in [-0.05, 0) is 24.3 Å². The number of halogens is 6. The van der Waals surface area contributed by atoms with Gasteiger partial charge in [0.2, 0.25) is 0 Å². The van der Waals surface area contributed by atoms with E-state index in [1.165, 1.54) is 24.3 Å². The molecule has 0 fully saturated rings. The summed E-state index contributed by atoms with van der Waals surface area (Å²) >= 11 is 0. The van der Waals surface area contributed by atoms with Crippen molar-refractivity contribution >= 4 is 5.65 Å². The summed E-state index contributed by atoms with van der Waals surface area (Å²) in [5.74, 6) is -1.43. The van der Waals surface area contributed by atoms with Gasteiger partial charge in [0, 0.05) is 0 Å².